The lowest BCUT2D eigenvalue weighted by atomic mass is 10.1. The average molecular weight is 329 g/mol. The number of carbonyl (C=O) groups is 1. The standard InChI is InChI=1S/C19H38NO3/c1-4-5-6-7-8-9-10-11-12-13-14-20(2)16-17(21)15-18(20)19(22)23-3/h17-18,21H,4-16H2,1-3H3/q+1/t17-,18+,20?/m1/s1. The summed E-state index contributed by atoms with van der Waals surface area (Å²) in [5, 5.41) is 9.92. The first-order valence-corrected chi connectivity index (χ1v) is 9.63. The van der Waals surface area contributed by atoms with Gasteiger partial charge in [0.15, 0.2) is 6.04 Å². The predicted molar refractivity (Wildman–Crippen MR) is 94.2 cm³/mol. The maximum absolute atomic E-state index is 11.9. The maximum atomic E-state index is 11.9. The molecule has 1 saturated heterocycles. The molecule has 4 heteroatoms. The zero-order valence-electron chi connectivity index (χ0n) is 15.6. The van der Waals surface area contributed by atoms with Gasteiger partial charge >= 0.3 is 5.97 Å². The Bertz CT molecular complexity index is 335. The maximum Gasteiger partial charge on any atom is 0.364 e. The average Bonchev–Trinajstić information content (AvgIpc) is 2.83. The predicted octanol–water partition coefficient (Wildman–Crippen LogP) is 3.66. The molecular formula is C19H38NO3+. The Morgan fingerprint density at radius 1 is 1.04 bits per heavy atom. The van der Waals surface area contributed by atoms with Crippen molar-refractivity contribution in [3.05, 3.63) is 0 Å². The summed E-state index contributed by atoms with van der Waals surface area (Å²) in [4.78, 5) is 11.9. The molecule has 1 aliphatic heterocycles. The molecule has 23 heavy (non-hydrogen) atoms. The molecule has 1 unspecified atom stereocenters. The number of aliphatic hydroxyl groups is 1. The minimum absolute atomic E-state index is 0.170. The second kappa shape index (κ2) is 11.0. The van der Waals surface area contributed by atoms with Crippen LogP contribution in [0.3, 0.4) is 0 Å². The largest absolute Gasteiger partial charge is 0.465 e. The fourth-order valence-electron chi connectivity index (χ4n) is 3.89. The summed E-state index contributed by atoms with van der Waals surface area (Å²) in [6.45, 7) is 3.90. The molecule has 136 valence electrons. The molecule has 0 saturated carbocycles. The van der Waals surface area contributed by atoms with Gasteiger partial charge in [0, 0.05) is 6.42 Å². The molecule has 1 rings (SSSR count). The first-order chi connectivity index (χ1) is 11.0. The third-order valence-electron chi connectivity index (χ3n) is 5.37. The molecule has 1 aliphatic rings. The highest BCUT2D eigenvalue weighted by molar-refractivity contribution is 5.74. The van der Waals surface area contributed by atoms with Gasteiger partial charge in [-0.25, -0.2) is 4.79 Å². The summed E-state index contributed by atoms with van der Waals surface area (Å²) >= 11 is 0. The molecule has 0 aromatic carbocycles. The van der Waals surface area contributed by atoms with Crippen LogP contribution in [-0.2, 0) is 9.53 Å². The van der Waals surface area contributed by atoms with Crippen molar-refractivity contribution in [1.82, 2.24) is 0 Å². The van der Waals surface area contributed by atoms with E-state index < -0.39 is 0 Å². The van der Waals surface area contributed by atoms with E-state index in [0.29, 0.717) is 17.4 Å². The molecule has 0 aromatic heterocycles. The van der Waals surface area contributed by atoms with Gasteiger partial charge in [-0.1, -0.05) is 58.3 Å². The van der Waals surface area contributed by atoms with Crippen LogP contribution in [0.1, 0.15) is 77.6 Å². The Labute approximate surface area is 142 Å². The third-order valence-corrected chi connectivity index (χ3v) is 5.37. The van der Waals surface area contributed by atoms with Gasteiger partial charge in [-0.15, -0.1) is 0 Å². The summed E-state index contributed by atoms with van der Waals surface area (Å²) in [7, 11) is 3.53. The number of rotatable bonds is 12. The number of carbonyl (C=O) groups excluding carboxylic acids is 1. The molecule has 0 aromatic rings. The quantitative estimate of drug-likeness (QED) is 0.338. The van der Waals surface area contributed by atoms with Crippen LogP contribution in [0.15, 0.2) is 0 Å². The smallest absolute Gasteiger partial charge is 0.364 e. The Balaban J connectivity index is 2.13. The Morgan fingerprint density at radius 2 is 1.57 bits per heavy atom. The molecule has 0 bridgehead atoms. The summed E-state index contributed by atoms with van der Waals surface area (Å²) in [6.07, 6.45) is 13.4. The van der Waals surface area contributed by atoms with E-state index in [4.69, 9.17) is 4.74 Å². The van der Waals surface area contributed by atoms with Crippen LogP contribution in [0, 0.1) is 0 Å². The number of hydrogen-bond acceptors (Lipinski definition) is 3. The number of ether oxygens (including phenoxy) is 1. The number of likely N-dealkylation sites (N-methyl/N-ethyl adjacent to an activating group) is 1. The van der Waals surface area contributed by atoms with Gasteiger partial charge in [0.2, 0.25) is 0 Å². The molecule has 0 amide bonds. The van der Waals surface area contributed by atoms with Crippen molar-refractivity contribution in [2.75, 3.05) is 27.2 Å². The van der Waals surface area contributed by atoms with E-state index in [0.717, 1.165) is 13.0 Å². The van der Waals surface area contributed by atoms with Crippen molar-refractivity contribution in [1.29, 1.82) is 0 Å². The lowest BCUT2D eigenvalue weighted by molar-refractivity contribution is -0.914. The highest BCUT2D eigenvalue weighted by atomic mass is 16.5. The number of likely N-dealkylation sites (tertiary alicyclic amines) is 1. The van der Waals surface area contributed by atoms with E-state index in [1.54, 1.807) is 0 Å². The van der Waals surface area contributed by atoms with E-state index >= 15 is 0 Å². The van der Waals surface area contributed by atoms with E-state index in [9.17, 15) is 9.90 Å². The van der Waals surface area contributed by atoms with E-state index in [1.807, 2.05) is 0 Å². The number of quaternary nitrogens is 1. The topological polar surface area (TPSA) is 46.5 Å². The highest BCUT2D eigenvalue weighted by Gasteiger charge is 2.47. The summed E-state index contributed by atoms with van der Waals surface area (Å²) in [5.41, 5.74) is 0. The van der Waals surface area contributed by atoms with Crippen molar-refractivity contribution >= 4 is 5.97 Å². The van der Waals surface area contributed by atoms with Crippen LogP contribution < -0.4 is 0 Å². The van der Waals surface area contributed by atoms with Crippen LogP contribution >= 0.6 is 0 Å². The molecule has 1 heterocycles. The summed E-state index contributed by atoms with van der Waals surface area (Å²) < 4.78 is 5.56. The number of nitrogens with zero attached hydrogens (tertiary/aromatic N) is 1. The molecule has 0 spiro atoms. The molecule has 1 N–H and O–H groups in total. The number of methoxy groups -OCH3 is 1. The van der Waals surface area contributed by atoms with Gasteiger partial charge in [0.1, 0.15) is 12.6 Å². The highest BCUT2D eigenvalue weighted by Crippen LogP contribution is 2.27. The fraction of sp³-hybridized carbons (Fsp3) is 0.947. The SMILES string of the molecule is CCCCCCCCCCCC[N+]1(C)C[C@H](O)C[C@H]1C(=O)OC. The second-order valence-electron chi connectivity index (χ2n) is 7.50. The van der Waals surface area contributed by atoms with Crippen molar-refractivity contribution in [3.8, 4) is 0 Å². The molecule has 3 atom stereocenters. The molecule has 4 nitrogen and oxygen atoms in total. The van der Waals surface area contributed by atoms with E-state index in [1.165, 1.54) is 64.9 Å². The van der Waals surface area contributed by atoms with Crippen LogP contribution in [0.5, 0.6) is 0 Å². The lowest BCUT2D eigenvalue weighted by Gasteiger charge is -2.34. The van der Waals surface area contributed by atoms with Crippen molar-refractivity contribution in [2.45, 2.75) is 89.7 Å². The van der Waals surface area contributed by atoms with Crippen LogP contribution in [0.2, 0.25) is 0 Å². The molecule has 1 fully saturated rings. The lowest BCUT2D eigenvalue weighted by Crippen LogP contribution is -2.52. The van der Waals surface area contributed by atoms with Gasteiger partial charge in [-0.3, -0.25) is 0 Å². The molecule has 0 radical (unpaired) electrons. The summed E-state index contributed by atoms with van der Waals surface area (Å²) in [5.74, 6) is -0.170. The number of unbranched alkanes of at least 4 members (excludes halogenated alkanes) is 9. The van der Waals surface area contributed by atoms with Crippen LogP contribution in [-0.4, -0.2) is 55.0 Å². The zero-order valence-corrected chi connectivity index (χ0v) is 15.6. The van der Waals surface area contributed by atoms with Gasteiger partial charge < -0.3 is 14.3 Å². The first-order valence-electron chi connectivity index (χ1n) is 9.63. The minimum Gasteiger partial charge on any atom is -0.465 e. The van der Waals surface area contributed by atoms with Crippen molar-refractivity contribution in [2.24, 2.45) is 0 Å². The van der Waals surface area contributed by atoms with Gasteiger partial charge in [-0.2, -0.15) is 0 Å². The number of aliphatic hydroxyl groups excluding tert-OH is 1. The van der Waals surface area contributed by atoms with Crippen molar-refractivity contribution in [3.63, 3.8) is 0 Å². The summed E-state index contributed by atoms with van der Waals surface area (Å²) in [6, 6.07) is -0.187. The molecule has 0 aliphatic carbocycles. The normalized spacial score (nSPS) is 27.3. The van der Waals surface area contributed by atoms with Gasteiger partial charge in [0.05, 0.1) is 20.7 Å². The zero-order chi connectivity index (χ0) is 17.1. The van der Waals surface area contributed by atoms with Crippen LogP contribution in [0.25, 0.3) is 0 Å². The monoisotopic (exact) mass is 328 g/mol. The number of esters is 1. The van der Waals surface area contributed by atoms with E-state index in [-0.39, 0.29) is 18.1 Å². The van der Waals surface area contributed by atoms with Gasteiger partial charge in [0.25, 0.3) is 0 Å². The third kappa shape index (κ3) is 7.21. The van der Waals surface area contributed by atoms with Crippen molar-refractivity contribution < 1.29 is 19.1 Å². The van der Waals surface area contributed by atoms with E-state index in [2.05, 4.69) is 14.0 Å². The second-order valence-corrected chi connectivity index (χ2v) is 7.50. The fourth-order valence-corrected chi connectivity index (χ4v) is 3.89. The van der Waals surface area contributed by atoms with Crippen LogP contribution in [0.4, 0.5) is 0 Å². The Morgan fingerprint density at radius 3 is 2.09 bits per heavy atom. The van der Waals surface area contributed by atoms with Gasteiger partial charge in [-0.05, 0) is 12.8 Å². The first kappa shape index (κ1) is 20.4. The minimum atomic E-state index is -0.368. The Kier molecular flexibility index (Phi) is 9.80. The molecular weight excluding hydrogens is 290 g/mol. The Hall–Kier alpha value is -0.610. The number of hydrogen-bond donors (Lipinski definition) is 1.